The molecule has 1 aromatic carbocycles. The van der Waals surface area contributed by atoms with Crippen molar-refractivity contribution in [3.63, 3.8) is 0 Å². The van der Waals surface area contributed by atoms with E-state index in [2.05, 4.69) is 36.2 Å². The Hall–Kier alpha value is -1.52. The molecule has 0 fully saturated rings. The van der Waals surface area contributed by atoms with E-state index >= 15 is 0 Å². The van der Waals surface area contributed by atoms with Crippen molar-refractivity contribution >= 4 is 10.9 Å². The van der Waals surface area contributed by atoms with Crippen LogP contribution in [0.4, 0.5) is 0 Å². The maximum absolute atomic E-state index is 5.62. The van der Waals surface area contributed by atoms with Crippen molar-refractivity contribution < 1.29 is 9.47 Å². The van der Waals surface area contributed by atoms with Gasteiger partial charge < -0.3 is 19.4 Å². The molecule has 1 aromatic heterocycles. The summed E-state index contributed by atoms with van der Waals surface area (Å²) in [6.45, 7) is 1.29. The van der Waals surface area contributed by atoms with E-state index in [0.29, 0.717) is 0 Å². The van der Waals surface area contributed by atoms with E-state index in [4.69, 9.17) is 9.47 Å². The monoisotopic (exact) mass is 248 g/mol. The summed E-state index contributed by atoms with van der Waals surface area (Å²) in [5.41, 5.74) is 2.39. The quantitative estimate of drug-likeness (QED) is 0.797. The molecule has 2 rings (SSSR count). The molecule has 0 aliphatic rings. The maximum atomic E-state index is 5.62. The highest BCUT2D eigenvalue weighted by Crippen LogP contribution is 2.29. The number of rotatable bonds is 6. The van der Waals surface area contributed by atoms with Gasteiger partial charge in [0.2, 0.25) is 0 Å². The number of likely N-dealkylation sites (N-methyl/N-ethyl adjacent to an activating group) is 1. The summed E-state index contributed by atoms with van der Waals surface area (Å²) in [5.74, 6) is 0.879. The molecular weight excluding hydrogens is 228 g/mol. The van der Waals surface area contributed by atoms with Crippen LogP contribution in [0.1, 0.15) is 5.56 Å². The average molecular weight is 248 g/mol. The van der Waals surface area contributed by atoms with Gasteiger partial charge >= 0.3 is 0 Å². The predicted molar refractivity (Wildman–Crippen MR) is 73.1 cm³/mol. The lowest BCUT2D eigenvalue weighted by atomic mass is 10.1. The molecule has 1 N–H and O–H groups in total. The van der Waals surface area contributed by atoms with Crippen molar-refractivity contribution in [2.45, 2.75) is 6.42 Å². The molecule has 4 heteroatoms. The molecule has 0 atom stereocenters. The minimum atomic E-state index is 0.275. The minimum Gasteiger partial charge on any atom is -0.467 e. The first-order chi connectivity index (χ1) is 8.72. The molecule has 0 aliphatic heterocycles. The average Bonchev–Trinajstić information content (AvgIpc) is 2.77. The summed E-state index contributed by atoms with van der Waals surface area (Å²) >= 11 is 0. The Morgan fingerprint density at radius 3 is 2.83 bits per heavy atom. The fourth-order valence-corrected chi connectivity index (χ4v) is 2.00. The van der Waals surface area contributed by atoms with Gasteiger partial charge in [-0.05, 0) is 38.2 Å². The lowest BCUT2D eigenvalue weighted by Crippen LogP contribution is -2.14. The molecule has 1 heterocycles. The Kier molecular flexibility index (Phi) is 4.23. The highest BCUT2D eigenvalue weighted by molar-refractivity contribution is 5.89. The third-order valence-corrected chi connectivity index (χ3v) is 2.91. The van der Waals surface area contributed by atoms with Crippen LogP contribution in [0.2, 0.25) is 0 Å². The summed E-state index contributed by atoms with van der Waals surface area (Å²) in [6.07, 6.45) is 3.06. The first-order valence-electron chi connectivity index (χ1n) is 6.08. The highest BCUT2D eigenvalue weighted by atomic mass is 16.7. The molecule has 2 aromatic rings. The summed E-state index contributed by atoms with van der Waals surface area (Å²) in [6, 6.07) is 6.03. The van der Waals surface area contributed by atoms with Crippen LogP contribution in [0, 0.1) is 0 Å². The summed E-state index contributed by atoms with van der Waals surface area (Å²) in [5, 5.41) is 1.16. The van der Waals surface area contributed by atoms with E-state index in [0.717, 1.165) is 29.6 Å². The Balaban J connectivity index is 2.29. The standard InChI is InChI=1S/C14H20N2O2/c1-16(2)8-7-11-9-15-12-5-4-6-13(14(11)12)18-10-17-3/h4-6,9,15H,7-8,10H2,1-3H3. The number of fused-ring (bicyclic) bond motifs is 1. The third-order valence-electron chi connectivity index (χ3n) is 2.91. The Bertz CT molecular complexity index is 505. The second-order valence-corrected chi connectivity index (χ2v) is 4.60. The molecule has 98 valence electrons. The minimum absolute atomic E-state index is 0.275. The molecule has 0 saturated carbocycles. The van der Waals surface area contributed by atoms with Gasteiger partial charge in [0.25, 0.3) is 0 Å². The number of ether oxygens (including phenoxy) is 2. The number of hydrogen-bond donors (Lipinski definition) is 1. The first kappa shape index (κ1) is 12.9. The van der Waals surface area contributed by atoms with Crippen molar-refractivity contribution in [1.29, 1.82) is 0 Å². The number of methoxy groups -OCH3 is 1. The fraction of sp³-hybridized carbons (Fsp3) is 0.429. The summed E-state index contributed by atoms with van der Waals surface area (Å²) < 4.78 is 10.6. The number of nitrogens with one attached hydrogen (secondary N) is 1. The lowest BCUT2D eigenvalue weighted by Gasteiger charge is -2.10. The van der Waals surface area contributed by atoms with E-state index < -0.39 is 0 Å². The normalized spacial score (nSPS) is 11.3. The molecule has 4 nitrogen and oxygen atoms in total. The van der Waals surface area contributed by atoms with Crippen molar-refractivity contribution in [1.82, 2.24) is 9.88 Å². The molecule has 0 spiro atoms. The Morgan fingerprint density at radius 2 is 2.11 bits per heavy atom. The van der Waals surface area contributed by atoms with Crippen LogP contribution in [0.25, 0.3) is 10.9 Å². The van der Waals surface area contributed by atoms with E-state index in [1.807, 2.05) is 12.1 Å². The zero-order valence-corrected chi connectivity index (χ0v) is 11.2. The van der Waals surface area contributed by atoms with Crippen LogP contribution in [-0.4, -0.2) is 44.4 Å². The van der Waals surface area contributed by atoms with Gasteiger partial charge in [-0.25, -0.2) is 0 Å². The van der Waals surface area contributed by atoms with Gasteiger partial charge in [-0.1, -0.05) is 6.07 Å². The number of benzene rings is 1. The molecule has 0 saturated heterocycles. The number of nitrogens with zero attached hydrogens (tertiary/aromatic N) is 1. The Labute approximate surface area is 107 Å². The van der Waals surface area contributed by atoms with Crippen LogP contribution in [-0.2, 0) is 11.2 Å². The third kappa shape index (κ3) is 2.83. The lowest BCUT2D eigenvalue weighted by molar-refractivity contribution is 0.0522. The Morgan fingerprint density at radius 1 is 1.28 bits per heavy atom. The molecular formula is C14H20N2O2. The van der Waals surface area contributed by atoms with Crippen LogP contribution in [0.3, 0.4) is 0 Å². The predicted octanol–water partition coefficient (Wildman–Crippen LogP) is 2.25. The molecule has 0 bridgehead atoms. The van der Waals surface area contributed by atoms with Crippen LogP contribution in [0.5, 0.6) is 5.75 Å². The van der Waals surface area contributed by atoms with Crippen molar-refractivity contribution in [2.24, 2.45) is 0 Å². The van der Waals surface area contributed by atoms with Gasteiger partial charge in [-0.2, -0.15) is 0 Å². The topological polar surface area (TPSA) is 37.5 Å². The second kappa shape index (κ2) is 5.89. The van der Waals surface area contributed by atoms with E-state index in [-0.39, 0.29) is 6.79 Å². The van der Waals surface area contributed by atoms with Gasteiger partial charge in [0, 0.05) is 30.8 Å². The number of H-pyrrole nitrogens is 1. The van der Waals surface area contributed by atoms with Crippen LogP contribution in [0.15, 0.2) is 24.4 Å². The van der Waals surface area contributed by atoms with Crippen molar-refractivity contribution in [3.8, 4) is 5.75 Å². The maximum Gasteiger partial charge on any atom is 0.188 e. The van der Waals surface area contributed by atoms with Crippen molar-refractivity contribution in [3.05, 3.63) is 30.0 Å². The number of aromatic nitrogens is 1. The summed E-state index contributed by atoms with van der Waals surface area (Å²) in [7, 11) is 5.79. The van der Waals surface area contributed by atoms with Gasteiger partial charge in [-0.15, -0.1) is 0 Å². The smallest absolute Gasteiger partial charge is 0.188 e. The summed E-state index contributed by atoms with van der Waals surface area (Å²) in [4.78, 5) is 5.47. The van der Waals surface area contributed by atoms with Gasteiger partial charge in [0.15, 0.2) is 6.79 Å². The van der Waals surface area contributed by atoms with Gasteiger partial charge in [0.05, 0.1) is 0 Å². The fourth-order valence-electron chi connectivity index (χ4n) is 2.00. The zero-order valence-electron chi connectivity index (χ0n) is 11.2. The molecule has 18 heavy (non-hydrogen) atoms. The highest BCUT2D eigenvalue weighted by Gasteiger charge is 2.09. The molecule has 0 radical (unpaired) electrons. The van der Waals surface area contributed by atoms with Crippen molar-refractivity contribution in [2.75, 3.05) is 34.5 Å². The largest absolute Gasteiger partial charge is 0.467 e. The van der Waals surface area contributed by atoms with Crippen LogP contribution >= 0.6 is 0 Å². The van der Waals surface area contributed by atoms with E-state index in [9.17, 15) is 0 Å². The molecule has 0 aliphatic carbocycles. The number of aromatic amines is 1. The zero-order chi connectivity index (χ0) is 13.0. The first-order valence-corrected chi connectivity index (χ1v) is 6.08. The van der Waals surface area contributed by atoms with E-state index in [1.54, 1.807) is 7.11 Å². The van der Waals surface area contributed by atoms with E-state index in [1.165, 1.54) is 5.56 Å². The van der Waals surface area contributed by atoms with Gasteiger partial charge in [-0.3, -0.25) is 0 Å². The van der Waals surface area contributed by atoms with Gasteiger partial charge in [0.1, 0.15) is 5.75 Å². The number of hydrogen-bond acceptors (Lipinski definition) is 3. The second-order valence-electron chi connectivity index (χ2n) is 4.60. The SMILES string of the molecule is COCOc1cccc2[nH]cc(CCN(C)C)c12. The molecule has 0 unspecified atom stereocenters. The van der Waals surface area contributed by atoms with Crippen LogP contribution < -0.4 is 4.74 Å². The molecule has 0 amide bonds.